The second-order valence-electron chi connectivity index (χ2n) is 8.21. The summed E-state index contributed by atoms with van der Waals surface area (Å²) in [5.41, 5.74) is 1.63. The summed E-state index contributed by atoms with van der Waals surface area (Å²) in [5, 5.41) is 13.7. The van der Waals surface area contributed by atoms with Gasteiger partial charge in [0, 0.05) is 19.7 Å². The number of benzene rings is 1. The molecule has 0 bridgehead atoms. The summed E-state index contributed by atoms with van der Waals surface area (Å²) in [6, 6.07) is 10.6. The highest BCUT2D eigenvalue weighted by Gasteiger charge is 2.33. The van der Waals surface area contributed by atoms with E-state index in [4.69, 9.17) is 4.74 Å². The number of carbonyl (C=O) groups is 1. The van der Waals surface area contributed by atoms with E-state index in [0.717, 1.165) is 11.6 Å². The number of carbonyl (C=O) groups excluding carboxylic acids is 1. The summed E-state index contributed by atoms with van der Waals surface area (Å²) in [6.07, 6.45) is -1.40. The zero-order valence-electron chi connectivity index (χ0n) is 20.3. The van der Waals surface area contributed by atoms with Gasteiger partial charge in [-0.05, 0) is 55.3 Å². The van der Waals surface area contributed by atoms with Gasteiger partial charge in [0.2, 0.25) is 0 Å². The number of rotatable bonds is 7. The van der Waals surface area contributed by atoms with E-state index in [1.165, 1.54) is 25.6 Å². The number of nitrogens with one attached hydrogen (secondary N) is 2. The number of hydrogen-bond donors (Lipinski definition) is 2. The maximum atomic E-state index is 13.2. The SMILES string of the molecule is COc1ccc(C)cc1NC(=O)Nc1ccc(-c2nnc(CCc3ncccc3C(F)(F)F)n2C)nc1. The van der Waals surface area contributed by atoms with E-state index >= 15 is 0 Å². The van der Waals surface area contributed by atoms with E-state index in [0.29, 0.717) is 34.5 Å². The molecule has 3 aromatic heterocycles. The van der Waals surface area contributed by atoms with E-state index in [9.17, 15) is 18.0 Å². The number of anilines is 2. The number of methoxy groups -OCH3 is 1. The minimum absolute atomic E-state index is 0.0466. The van der Waals surface area contributed by atoms with Crippen molar-refractivity contribution in [1.82, 2.24) is 24.7 Å². The number of halogens is 3. The molecule has 0 unspecified atom stereocenters. The smallest absolute Gasteiger partial charge is 0.418 e. The molecule has 3 heterocycles. The quantitative estimate of drug-likeness (QED) is 0.360. The van der Waals surface area contributed by atoms with E-state index in [2.05, 4.69) is 30.8 Å². The summed E-state index contributed by atoms with van der Waals surface area (Å²) in [4.78, 5) is 20.7. The fourth-order valence-electron chi connectivity index (χ4n) is 3.73. The lowest BCUT2D eigenvalue weighted by Crippen LogP contribution is -2.20. The van der Waals surface area contributed by atoms with Crippen molar-refractivity contribution in [3.63, 3.8) is 0 Å². The standard InChI is InChI=1S/C25H24F3N7O2/c1-15-6-10-21(37-3)20(13-15)32-24(36)31-16-7-8-19(30-14-16)23-34-33-22(35(23)2)11-9-18-17(25(26,27)28)5-4-12-29-18/h4-8,10,12-14H,9,11H2,1-3H3,(H2,31,32,36). The lowest BCUT2D eigenvalue weighted by Gasteiger charge is -2.12. The van der Waals surface area contributed by atoms with Crippen LogP contribution in [0, 0.1) is 6.92 Å². The molecule has 2 amide bonds. The fourth-order valence-corrected chi connectivity index (χ4v) is 3.73. The Morgan fingerprint density at radius 3 is 2.57 bits per heavy atom. The van der Waals surface area contributed by atoms with Crippen molar-refractivity contribution in [2.24, 2.45) is 7.05 Å². The molecule has 12 heteroatoms. The van der Waals surface area contributed by atoms with Crippen LogP contribution in [0.5, 0.6) is 5.75 Å². The average molecular weight is 512 g/mol. The Labute approximate surface area is 210 Å². The lowest BCUT2D eigenvalue weighted by molar-refractivity contribution is -0.138. The van der Waals surface area contributed by atoms with Gasteiger partial charge in [0.25, 0.3) is 0 Å². The summed E-state index contributed by atoms with van der Waals surface area (Å²) in [6.45, 7) is 1.90. The van der Waals surface area contributed by atoms with Gasteiger partial charge in [0.05, 0.1) is 35.9 Å². The molecule has 4 aromatic rings. The van der Waals surface area contributed by atoms with E-state index < -0.39 is 17.8 Å². The van der Waals surface area contributed by atoms with E-state index in [1.807, 2.05) is 13.0 Å². The average Bonchev–Trinajstić information content (AvgIpc) is 3.23. The number of amides is 2. The largest absolute Gasteiger partial charge is 0.495 e. The Kier molecular flexibility index (Phi) is 7.37. The molecular formula is C25H24F3N7O2. The first kappa shape index (κ1) is 25.6. The molecular weight excluding hydrogens is 487 g/mol. The normalized spacial score (nSPS) is 11.3. The molecule has 0 saturated carbocycles. The van der Waals surface area contributed by atoms with Crippen LogP contribution < -0.4 is 15.4 Å². The molecule has 0 aliphatic carbocycles. The van der Waals surface area contributed by atoms with Gasteiger partial charge in [0.1, 0.15) is 17.3 Å². The van der Waals surface area contributed by atoms with Crippen LogP contribution in [-0.2, 0) is 26.1 Å². The topological polar surface area (TPSA) is 107 Å². The van der Waals surface area contributed by atoms with Crippen molar-refractivity contribution >= 4 is 17.4 Å². The van der Waals surface area contributed by atoms with Crippen LogP contribution in [0.3, 0.4) is 0 Å². The first-order valence-electron chi connectivity index (χ1n) is 11.2. The maximum absolute atomic E-state index is 13.2. The first-order chi connectivity index (χ1) is 17.7. The van der Waals surface area contributed by atoms with Crippen LogP contribution in [0.4, 0.5) is 29.3 Å². The number of hydrogen-bond acceptors (Lipinski definition) is 6. The second-order valence-corrected chi connectivity index (χ2v) is 8.21. The lowest BCUT2D eigenvalue weighted by atomic mass is 10.1. The molecule has 1 aromatic carbocycles. The highest BCUT2D eigenvalue weighted by Crippen LogP contribution is 2.31. The molecule has 0 spiro atoms. The van der Waals surface area contributed by atoms with Gasteiger partial charge in [-0.2, -0.15) is 13.2 Å². The summed E-state index contributed by atoms with van der Waals surface area (Å²) < 4.78 is 46.6. The number of pyridine rings is 2. The third-order valence-corrected chi connectivity index (χ3v) is 5.60. The number of nitrogens with zero attached hydrogens (tertiary/aromatic N) is 5. The maximum Gasteiger partial charge on any atom is 0.418 e. The van der Waals surface area contributed by atoms with Crippen molar-refractivity contribution in [1.29, 1.82) is 0 Å². The monoisotopic (exact) mass is 511 g/mol. The number of ether oxygens (including phenoxy) is 1. The van der Waals surface area contributed by atoms with Crippen LogP contribution in [0.2, 0.25) is 0 Å². The molecule has 192 valence electrons. The first-order valence-corrected chi connectivity index (χ1v) is 11.2. The number of aromatic nitrogens is 5. The minimum Gasteiger partial charge on any atom is -0.495 e. The molecule has 0 fully saturated rings. The Morgan fingerprint density at radius 1 is 1.05 bits per heavy atom. The Hall–Kier alpha value is -4.48. The predicted molar refractivity (Wildman–Crippen MR) is 131 cm³/mol. The Balaban J connectivity index is 1.42. The Morgan fingerprint density at radius 2 is 1.86 bits per heavy atom. The fraction of sp³-hybridized carbons (Fsp3) is 0.240. The predicted octanol–water partition coefficient (Wildman–Crippen LogP) is 5.04. The van der Waals surface area contributed by atoms with Gasteiger partial charge >= 0.3 is 12.2 Å². The number of aryl methyl sites for hydroxylation is 3. The molecule has 37 heavy (non-hydrogen) atoms. The molecule has 9 nitrogen and oxygen atoms in total. The van der Waals surface area contributed by atoms with Gasteiger partial charge < -0.3 is 19.9 Å². The van der Waals surface area contributed by atoms with Gasteiger partial charge in [-0.15, -0.1) is 10.2 Å². The van der Waals surface area contributed by atoms with E-state index in [-0.39, 0.29) is 18.5 Å². The summed E-state index contributed by atoms with van der Waals surface area (Å²) >= 11 is 0. The highest BCUT2D eigenvalue weighted by atomic mass is 19.4. The molecule has 0 aliphatic heterocycles. The Bertz CT molecular complexity index is 1400. The van der Waals surface area contributed by atoms with E-state index in [1.54, 1.807) is 35.9 Å². The zero-order chi connectivity index (χ0) is 26.6. The number of alkyl halides is 3. The molecule has 0 radical (unpaired) electrons. The van der Waals surface area contributed by atoms with Crippen molar-refractivity contribution in [3.05, 3.63) is 77.5 Å². The highest BCUT2D eigenvalue weighted by molar-refractivity contribution is 6.00. The molecule has 4 rings (SSSR count). The van der Waals surface area contributed by atoms with Crippen molar-refractivity contribution in [2.75, 3.05) is 17.7 Å². The molecule has 0 saturated heterocycles. The van der Waals surface area contributed by atoms with Crippen LogP contribution in [-0.4, -0.2) is 37.9 Å². The van der Waals surface area contributed by atoms with Gasteiger partial charge in [-0.25, -0.2) is 4.79 Å². The van der Waals surface area contributed by atoms with Crippen LogP contribution in [0.1, 0.15) is 22.6 Å². The minimum atomic E-state index is -4.47. The van der Waals surface area contributed by atoms with Crippen LogP contribution in [0.25, 0.3) is 11.5 Å². The summed E-state index contributed by atoms with van der Waals surface area (Å²) in [5.74, 6) is 1.46. The van der Waals surface area contributed by atoms with Crippen molar-refractivity contribution < 1.29 is 22.7 Å². The third-order valence-electron chi connectivity index (χ3n) is 5.60. The zero-order valence-corrected chi connectivity index (χ0v) is 20.3. The van der Waals surface area contributed by atoms with Crippen LogP contribution in [0.15, 0.2) is 54.9 Å². The van der Waals surface area contributed by atoms with Crippen molar-refractivity contribution in [2.45, 2.75) is 25.9 Å². The van der Waals surface area contributed by atoms with Gasteiger partial charge in [0.15, 0.2) is 5.82 Å². The number of urea groups is 1. The molecule has 0 aliphatic rings. The van der Waals surface area contributed by atoms with Crippen molar-refractivity contribution in [3.8, 4) is 17.3 Å². The third kappa shape index (κ3) is 6.02. The van der Waals surface area contributed by atoms with Gasteiger partial charge in [-0.1, -0.05) is 6.07 Å². The van der Waals surface area contributed by atoms with Gasteiger partial charge in [-0.3, -0.25) is 9.97 Å². The summed E-state index contributed by atoms with van der Waals surface area (Å²) in [7, 11) is 3.23. The molecule has 2 N–H and O–H groups in total. The second kappa shape index (κ2) is 10.6. The molecule has 0 atom stereocenters. The van der Waals surface area contributed by atoms with Crippen LogP contribution >= 0.6 is 0 Å².